The molecule has 0 spiro atoms. The number of benzene rings is 1. The molecule has 1 unspecified atom stereocenters. The summed E-state index contributed by atoms with van der Waals surface area (Å²) in [6, 6.07) is 5.67. The molecule has 2 aromatic heterocycles. The van der Waals surface area contributed by atoms with Gasteiger partial charge in [0.25, 0.3) is 0 Å². The van der Waals surface area contributed by atoms with Gasteiger partial charge < -0.3 is 4.98 Å². The summed E-state index contributed by atoms with van der Waals surface area (Å²) in [7, 11) is -1.81. The molecular weight excluding hydrogens is 323 g/mol. The van der Waals surface area contributed by atoms with Crippen molar-refractivity contribution in [2.75, 3.05) is 4.72 Å². The highest BCUT2D eigenvalue weighted by molar-refractivity contribution is 7.86. The largest absolute Gasteiger partial charge is 0.358 e. The number of aryl methyl sites for hydroxylation is 2. The summed E-state index contributed by atoms with van der Waals surface area (Å²) in [5, 5.41) is 9.74. The van der Waals surface area contributed by atoms with Gasteiger partial charge in [-0.15, -0.1) is 0 Å². The van der Waals surface area contributed by atoms with Crippen LogP contribution in [0.4, 0.5) is 10.1 Å². The van der Waals surface area contributed by atoms with Gasteiger partial charge in [-0.05, 0) is 25.5 Å². The van der Waals surface area contributed by atoms with Gasteiger partial charge in [0.1, 0.15) is 6.07 Å². The van der Waals surface area contributed by atoms with Crippen LogP contribution in [0.1, 0.15) is 16.1 Å². The van der Waals surface area contributed by atoms with E-state index < -0.39 is 16.1 Å². The number of hydrogen-bond donors (Lipinski definition) is 2. The van der Waals surface area contributed by atoms with Gasteiger partial charge in [-0.2, -0.15) is 9.65 Å². The number of rotatable bonds is 3. The van der Waals surface area contributed by atoms with E-state index in [0.29, 0.717) is 21.8 Å². The molecule has 0 radical (unpaired) electrons. The van der Waals surface area contributed by atoms with Crippen LogP contribution in [0.3, 0.4) is 0 Å². The van der Waals surface area contributed by atoms with E-state index in [1.54, 1.807) is 19.2 Å². The lowest BCUT2D eigenvalue weighted by atomic mass is 10.1. The number of aromatic nitrogens is 2. The van der Waals surface area contributed by atoms with E-state index in [9.17, 15) is 8.60 Å². The monoisotopic (exact) mass is 334 g/mol. The second-order valence-corrected chi connectivity index (χ2v) is 6.96. The number of H-pyrrole nitrogens is 1. The van der Waals surface area contributed by atoms with Crippen LogP contribution >= 0.6 is 11.3 Å². The quantitative estimate of drug-likeness (QED) is 0.770. The van der Waals surface area contributed by atoms with Crippen molar-refractivity contribution in [3.63, 3.8) is 0 Å². The number of halogens is 1. The Morgan fingerprint density at radius 2 is 2.23 bits per heavy atom. The maximum Gasteiger partial charge on any atom is 0.214 e. The lowest BCUT2D eigenvalue weighted by molar-refractivity contribution is 0.614. The molecule has 3 aromatic rings. The van der Waals surface area contributed by atoms with Crippen molar-refractivity contribution in [3.8, 4) is 6.07 Å². The summed E-state index contributed by atoms with van der Waals surface area (Å²) in [6.07, 6.45) is 1.60. The van der Waals surface area contributed by atoms with Crippen molar-refractivity contribution in [2.45, 2.75) is 18.9 Å². The number of anilines is 1. The number of hydrogen-bond acceptors (Lipinski definition) is 4. The fourth-order valence-electron chi connectivity index (χ4n) is 2.24. The van der Waals surface area contributed by atoms with E-state index in [1.165, 1.54) is 0 Å². The molecule has 22 heavy (non-hydrogen) atoms. The third-order valence-corrected chi connectivity index (χ3v) is 5.12. The van der Waals surface area contributed by atoms with Gasteiger partial charge in [0.05, 0.1) is 21.8 Å². The number of fused-ring (bicyclic) bond motifs is 1. The Balaban J connectivity index is 2.03. The first kappa shape index (κ1) is 14.7. The molecule has 0 aliphatic heterocycles. The molecule has 0 bridgehead atoms. The smallest absolute Gasteiger partial charge is 0.214 e. The SMILES string of the molecule is Cc1nc(S(=O)Nc2ccc(C)c3c(C#N)c[nH]c23)c(F)s1. The van der Waals surface area contributed by atoms with Crippen molar-refractivity contribution in [2.24, 2.45) is 0 Å². The summed E-state index contributed by atoms with van der Waals surface area (Å²) < 4.78 is 28.7. The first-order valence-corrected chi connectivity index (χ1v) is 8.30. The van der Waals surface area contributed by atoms with Crippen LogP contribution in [0, 0.1) is 30.3 Å². The van der Waals surface area contributed by atoms with E-state index in [2.05, 4.69) is 20.8 Å². The average molecular weight is 334 g/mol. The number of aromatic amines is 1. The molecule has 3 rings (SSSR count). The van der Waals surface area contributed by atoms with Gasteiger partial charge in [-0.25, -0.2) is 9.19 Å². The maximum atomic E-state index is 13.7. The minimum atomic E-state index is -1.81. The van der Waals surface area contributed by atoms with Crippen LogP contribution < -0.4 is 4.72 Å². The van der Waals surface area contributed by atoms with Crippen molar-refractivity contribution in [3.05, 3.63) is 39.6 Å². The number of nitrogens with one attached hydrogen (secondary N) is 2. The summed E-state index contributed by atoms with van der Waals surface area (Å²) >= 11 is 0.860. The van der Waals surface area contributed by atoms with E-state index in [-0.39, 0.29) is 5.03 Å². The minimum absolute atomic E-state index is 0.108. The van der Waals surface area contributed by atoms with Crippen LogP contribution in [0.2, 0.25) is 0 Å². The molecule has 8 heteroatoms. The van der Waals surface area contributed by atoms with Crippen molar-refractivity contribution in [1.29, 1.82) is 5.26 Å². The van der Waals surface area contributed by atoms with Gasteiger partial charge >= 0.3 is 0 Å². The molecule has 0 fully saturated rings. The minimum Gasteiger partial charge on any atom is -0.358 e. The number of thiazole rings is 1. The highest BCUT2D eigenvalue weighted by atomic mass is 32.2. The summed E-state index contributed by atoms with van der Waals surface area (Å²) in [5.41, 5.74) is 2.64. The van der Waals surface area contributed by atoms with E-state index in [4.69, 9.17) is 5.26 Å². The maximum absolute atomic E-state index is 13.7. The van der Waals surface area contributed by atoms with Crippen LogP contribution in [0.5, 0.6) is 0 Å². The topological polar surface area (TPSA) is 81.6 Å². The van der Waals surface area contributed by atoms with Gasteiger partial charge in [0.2, 0.25) is 5.13 Å². The van der Waals surface area contributed by atoms with E-state index >= 15 is 0 Å². The average Bonchev–Trinajstić information content (AvgIpc) is 3.05. The molecule has 0 saturated heterocycles. The lowest BCUT2D eigenvalue weighted by Crippen LogP contribution is -2.07. The Labute approximate surface area is 132 Å². The molecule has 0 aliphatic carbocycles. The van der Waals surface area contributed by atoms with Gasteiger partial charge in [0, 0.05) is 11.6 Å². The van der Waals surface area contributed by atoms with Gasteiger partial charge in [-0.1, -0.05) is 17.4 Å². The first-order chi connectivity index (χ1) is 10.5. The highest BCUT2D eigenvalue weighted by Gasteiger charge is 2.18. The molecule has 112 valence electrons. The molecule has 2 N–H and O–H groups in total. The Hall–Kier alpha value is -2.24. The summed E-state index contributed by atoms with van der Waals surface area (Å²) in [5.74, 6) is 0. The zero-order chi connectivity index (χ0) is 15.9. The normalized spacial score (nSPS) is 12.3. The molecule has 0 aliphatic rings. The zero-order valence-electron chi connectivity index (χ0n) is 11.7. The highest BCUT2D eigenvalue weighted by Crippen LogP contribution is 2.29. The van der Waals surface area contributed by atoms with Crippen LogP contribution in [0.15, 0.2) is 23.4 Å². The van der Waals surface area contributed by atoms with Crippen molar-refractivity contribution >= 4 is 38.9 Å². The van der Waals surface area contributed by atoms with Gasteiger partial charge in [-0.3, -0.25) is 4.72 Å². The predicted molar refractivity (Wildman–Crippen MR) is 84.6 cm³/mol. The number of nitriles is 1. The first-order valence-electron chi connectivity index (χ1n) is 6.33. The summed E-state index contributed by atoms with van der Waals surface area (Å²) in [6.45, 7) is 3.55. The van der Waals surface area contributed by atoms with Crippen LogP contribution in [0.25, 0.3) is 10.9 Å². The standard InChI is InChI=1S/C14H11FN4OS2/c1-7-3-4-10(12-11(7)9(5-16)6-17-12)19-22(20)14-13(15)21-8(2)18-14/h3-4,6,17,19H,1-2H3. The molecule has 0 saturated carbocycles. The second-order valence-electron chi connectivity index (χ2n) is 4.68. The van der Waals surface area contributed by atoms with Crippen LogP contribution in [-0.2, 0) is 11.0 Å². The molecule has 5 nitrogen and oxygen atoms in total. The molecule has 1 atom stereocenters. The van der Waals surface area contributed by atoms with E-state index in [0.717, 1.165) is 22.3 Å². The fraction of sp³-hybridized carbons (Fsp3) is 0.143. The summed E-state index contributed by atoms with van der Waals surface area (Å²) in [4.78, 5) is 6.94. The third-order valence-electron chi connectivity index (χ3n) is 3.21. The van der Waals surface area contributed by atoms with Crippen LogP contribution in [-0.4, -0.2) is 14.2 Å². The zero-order valence-corrected chi connectivity index (χ0v) is 13.4. The predicted octanol–water partition coefficient (Wildman–Crippen LogP) is 3.39. The number of nitrogens with zero attached hydrogens (tertiary/aromatic N) is 2. The second kappa shape index (κ2) is 5.51. The fourth-order valence-corrected chi connectivity index (χ4v) is 4.01. The Bertz CT molecular complexity index is 938. The third kappa shape index (κ3) is 2.38. The molecule has 1 aromatic carbocycles. The van der Waals surface area contributed by atoms with Gasteiger partial charge in [0.15, 0.2) is 16.0 Å². The Morgan fingerprint density at radius 1 is 1.45 bits per heavy atom. The molecular formula is C14H11FN4OS2. The van der Waals surface area contributed by atoms with Crippen molar-refractivity contribution < 1.29 is 8.60 Å². The lowest BCUT2D eigenvalue weighted by Gasteiger charge is -2.07. The molecule has 0 amide bonds. The molecule has 2 heterocycles. The van der Waals surface area contributed by atoms with Crippen molar-refractivity contribution in [1.82, 2.24) is 9.97 Å². The Morgan fingerprint density at radius 3 is 2.86 bits per heavy atom. The Kier molecular flexibility index (Phi) is 3.68. The van der Waals surface area contributed by atoms with E-state index in [1.807, 2.05) is 13.0 Å².